The maximum Gasteiger partial charge on any atom is 0.390 e. The summed E-state index contributed by atoms with van der Waals surface area (Å²) in [6.07, 6.45) is -0.129. The fourth-order valence-corrected chi connectivity index (χ4v) is 3.18. The summed E-state index contributed by atoms with van der Waals surface area (Å²) in [5.74, 6) is 0.695. The standard InChI is InChI=1S/C15H19F3N2O2/c16-15(17,18)4-7-20-6-3-14(11-20)8-13(10-21-14)22-12-2-1-5-19-9-12/h1-2,5,9,13H,3-4,6-8,10-11H2. The van der Waals surface area contributed by atoms with Crippen molar-refractivity contribution in [2.75, 3.05) is 26.2 Å². The zero-order valence-corrected chi connectivity index (χ0v) is 12.2. The highest BCUT2D eigenvalue weighted by Crippen LogP contribution is 2.37. The Morgan fingerprint density at radius 3 is 3.05 bits per heavy atom. The van der Waals surface area contributed by atoms with E-state index in [9.17, 15) is 13.2 Å². The Kier molecular flexibility index (Phi) is 4.27. The van der Waals surface area contributed by atoms with Crippen LogP contribution in [0.1, 0.15) is 19.3 Å². The van der Waals surface area contributed by atoms with Crippen LogP contribution in [0.4, 0.5) is 13.2 Å². The summed E-state index contributed by atoms with van der Waals surface area (Å²) in [5, 5.41) is 0. The Labute approximate surface area is 127 Å². The highest BCUT2D eigenvalue weighted by atomic mass is 19.4. The van der Waals surface area contributed by atoms with Crippen molar-refractivity contribution in [1.82, 2.24) is 9.88 Å². The van der Waals surface area contributed by atoms with Crippen molar-refractivity contribution in [2.45, 2.75) is 37.1 Å². The Morgan fingerprint density at radius 2 is 2.32 bits per heavy atom. The van der Waals surface area contributed by atoms with Crippen molar-refractivity contribution < 1.29 is 22.6 Å². The summed E-state index contributed by atoms with van der Waals surface area (Å²) < 4.78 is 48.6. The Bertz CT molecular complexity index is 497. The van der Waals surface area contributed by atoms with Gasteiger partial charge in [-0.25, -0.2) is 0 Å². The molecule has 4 nitrogen and oxygen atoms in total. The third-order valence-electron chi connectivity index (χ3n) is 4.22. The molecule has 1 spiro atoms. The molecule has 7 heteroatoms. The minimum Gasteiger partial charge on any atom is -0.486 e. The van der Waals surface area contributed by atoms with Crippen LogP contribution in [0.5, 0.6) is 5.75 Å². The minimum atomic E-state index is -4.10. The average Bonchev–Trinajstić information content (AvgIpc) is 3.05. The molecule has 2 aliphatic heterocycles. The van der Waals surface area contributed by atoms with Gasteiger partial charge in [-0.2, -0.15) is 13.2 Å². The predicted octanol–water partition coefficient (Wildman–Crippen LogP) is 2.65. The lowest BCUT2D eigenvalue weighted by Gasteiger charge is -2.23. The molecule has 2 fully saturated rings. The van der Waals surface area contributed by atoms with E-state index in [0.717, 1.165) is 6.42 Å². The third-order valence-corrected chi connectivity index (χ3v) is 4.22. The highest BCUT2D eigenvalue weighted by molar-refractivity contribution is 5.16. The molecule has 0 aromatic carbocycles. The molecular weight excluding hydrogens is 297 g/mol. The van der Waals surface area contributed by atoms with Gasteiger partial charge in [-0.1, -0.05) is 0 Å². The van der Waals surface area contributed by atoms with E-state index in [1.807, 2.05) is 11.0 Å². The van der Waals surface area contributed by atoms with E-state index in [1.165, 1.54) is 0 Å². The zero-order chi connectivity index (χ0) is 15.6. The van der Waals surface area contributed by atoms with E-state index in [4.69, 9.17) is 9.47 Å². The Hall–Kier alpha value is -1.34. The lowest BCUT2D eigenvalue weighted by molar-refractivity contribution is -0.137. The van der Waals surface area contributed by atoms with E-state index < -0.39 is 12.6 Å². The molecule has 2 saturated heterocycles. The second-order valence-corrected chi connectivity index (χ2v) is 6.02. The number of halogens is 3. The van der Waals surface area contributed by atoms with E-state index in [-0.39, 0.29) is 18.2 Å². The average molecular weight is 316 g/mol. The van der Waals surface area contributed by atoms with Gasteiger partial charge < -0.3 is 14.4 Å². The first-order valence-electron chi connectivity index (χ1n) is 7.44. The number of alkyl halides is 3. The van der Waals surface area contributed by atoms with Crippen molar-refractivity contribution in [1.29, 1.82) is 0 Å². The van der Waals surface area contributed by atoms with E-state index in [0.29, 0.717) is 31.9 Å². The van der Waals surface area contributed by atoms with Crippen LogP contribution in [0.15, 0.2) is 24.5 Å². The Morgan fingerprint density at radius 1 is 1.45 bits per heavy atom. The van der Waals surface area contributed by atoms with Crippen LogP contribution in [0.2, 0.25) is 0 Å². The quantitative estimate of drug-likeness (QED) is 0.855. The highest BCUT2D eigenvalue weighted by Gasteiger charge is 2.46. The molecule has 0 N–H and O–H groups in total. The lowest BCUT2D eigenvalue weighted by atomic mass is 9.98. The van der Waals surface area contributed by atoms with Crippen molar-refractivity contribution in [3.63, 3.8) is 0 Å². The summed E-state index contributed by atoms with van der Waals surface area (Å²) in [7, 11) is 0. The number of nitrogens with zero attached hydrogens (tertiary/aromatic N) is 2. The number of ether oxygens (including phenoxy) is 2. The van der Waals surface area contributed by atoms with Crippen molar-refractivity contribution in [3.8, 4) is 5.75 Å². The summed E-state index contributed by atoms with van der Waals surface area (Å²) >= 11 is 0. The van der Waals surface area contributed by atoms with Crippen molar-refractivity contribution in [3.05, 3.63) is 24.5 Å². The number of hydrogen-bond acceptors (Lipinski definition) is 4. The van der Waals surface area contributed by atoms with Crippen molar-refractivity contribution in [2.24, 2.45) is 0 Å². The molecule has 2 atom stereocenters. The first-order valence-corrected chi connectivity index (χ1v) is 7.44. The molecule has 0 bridgehead atoms. The topological polar surface area (TPSA) is 34.6 Å². The number of hydrogen-bond donors (Lipinski definition) is 0. The van der Waals surface area contributed by atoms with Gasteiger partial charge >= 0.3 is 6.18 Å². The van der Waals surface area contributed by atoms with Crippen LogP contribution in [-0.4, -0.2) is 54.0 Å². The molecular formula is C15H19F3N2O2. The molecule has 122 valence electrons. The molecule has 2 unspecified atom stereocenters. The maximum absolute atomic E-state index is 12.3. The second kappa shape index (κ2) is 6.04. The number of pyridine rings is 1. The van der Waals surface area contributed by atoms with Gasteiger partial charge in [-0.3, -0.25) is 4.98 Å². The van der Waals surface area contributed by atoms with Crippen LogP contribution in [0.3, 0.4) is 0 Å². The largest absolute Gasteiger partial charge is 0.486 e. The monoisotopic (exact) mass is 316 g/mol. The molecule has 2 aliphatic rings. The lowest BCUT2D eigenvalue weighted by Crippen LogP contribution is -2.34. The van der Waals surface area contributed by atoms with Crippen LogP contribution in [-0.2, 0) is 4.74 Å². The predicted molar refractivity (Wildman–Crippen MR) is 73.7 cm³/mol. The van der Waals surface area contributed by atoms with Gasteiger partial charge in [0.1, 0.15) is 11.9 Å². The number of rotatable bonds is 4. The van der Waals surface area contributed by atoms with Crippen molar-refractivity contribution >= 4 is 0 Å². The van der Waals surface area contributed by atoms with E-state index in [2.05, 4.69) is 4.98 Å². The first kappa shape index (κ1) is 15.6. The molecule has 0 radical (unpaired) electrons. The molecule has 3 heterocycles. The summed E-state index contributed by atoms with van der Waals surface area (Å²) in [5.41, 5.74) is -0.349. The first-order chi connectivity index (χ1) is 10.4. The van der Waals surface area contributed by atoms with Gasteiger partial charge in [-0.05, 0) is 18.6 Å². The van der Waals surface area contributed by atoms with Crippen LogP contribution in [0.25, 0.3) is 0 Å². The molecule has 0 saturated carbocycles. The SMILES string of the molecule is FC(F)(F)CCN1CCC2(CC(Oc3cccnc3)CO2)C1. The molecule has 0 aliphatic carbocycles. The van der Waals surface area contributed by atoms with Gasteiger partial charge in [0.25, 0.3) is 0 Å². The van der Waals surface area contributed by atoms with Crippen LogP contribution >= 0.6 is 0 Å². The van der Waals surface area contributed by atoms with E-state index in [1.54, 1.807) is 18.5 Å². The molecule has 22 heavy (non-hydrogen) atoms. The third kappa shape index (κ3) is 3.89. The summed E-state index contributed by atoms with van der Waals surface area (Å²) in [6.45, 7) is 1.72. The molecule has 0 amide bonds. The fourth-order valence-electron chi connectivity index (χ4n) is 3.18. The molecule has 1 aromatic heterocycles. The molecule has 1 aromatic rings. The maximum atomic E-state index is 12.3. The van der Waals surface area contributed by atoms with Gasteiger partial charge in [0.05, 0.1) is 24.8 Å². The van der Waals surface area contributed by atoms with Gasteiger partial charge in [0, 0.05) is 32.3 Å². The zero-order valence-electron chi connectivity index (χ0n) is 12.2. The van der Waals surface area contributed by atoms with Crippen LogP contribution in [0, 0.1) is 0 Å². The fraction of sp³-hybridized carbons (Fsp3) is 0.667. The number of likely N-dealkylation sites (tertiary alicyclic amines) is 1. The van der Waals surface area contributed by atoms with Gasteiger partial charge in [0.2, 0.25) is 0 Å². The Balaban J connectivity index is 1.50. The van der Waals surface area contributed by atoms with Crippen LogP contribution < -0.4 is 4.74 Å². The van der Waals surface area contributed by atoms with Gasteiger partial charge in [-0.15, -0.1) is 0 Å². The second-order valence-electron chi connectivity index (χ2n) is 6.02. The summed E-state index contributed by atoms with van der Waals surface area (Å²) in [6, 6.07) is 3.64. The van der Waals surface area contributed by atoms with E-state index >= 15 is 0 Å². The minimum absolute atomic E-state index is 0.0444. The number of aromatic nitrogens is 1. The molecule has 3 rings (SSSR count). The summed E-state index contributed by atoms with van der Waals surface area (Å²) in [4.78, 5) is 5.83. The van der Waals surface area contributed by atoms with Gasteiger partial charge in [0.15, 0.2) is 0 Å². The normalized spacial score (nSPS) is 29.3. The smallest absolute Gasteiger partial charge is 0.390 e.